The van der Waals surface area contributed by atoms with Gasteiger partial charge in [0.05, 0.1) is 0 Å². The monoisotopic (exact) mass is 352 g/mol. The van der Waals surface area contributed by atoms with Crippen LogP contribution in [0.4, 0.5) is 14.5 Å². The number of aromatic carboxylic acids is 1. The molecule has 1 aromatic heterocycles. The number of rotatable bonds is 4. The highest BCUT2D eigenvalue weighted by atomic mass is 19.3. The number of carboxylic acids is 1. The third-order valence-electron chi connectivity index (χ3n) is 3.46. The average molecular weight is 352 g/mol. The van der Waals surface area contributed by atoms with E-state index in [4.69, 9.17) is 10.8 Å². The Labute approximate surface area is 146 Å². The molecule has 0 saturated heterocycles. The number of hydrogen-bond donors (Lipinski definition) is 1. The number of aryl methyl sites for hydroxylation is 2. The van der Waals surface area contributed by atoms with Gasteiger partial charge in [0.25, 0.3) is 6.43 Å². The lowest BCUT2D eigenvalue weighted by Crippen LogP contribution is -2.06. The average Bonchev–Trinajstić information content (AvgIpc) is 2.89. The topological polar surface area (TPSA) is 78.9 Å². The molecule has 2 aromatic rings. The minimum atomic E-state index is -2.85. The van der Waals surface area contributed by atoms with E-state index in [2.05, 4.69) is 25.9 Å². The van der Waals surface area contributed by atoms with Crippen molar-refractivity contribution in [3.05, 3.63) is 53.0 Å². The van der Waals surface area contributed by atoms with E-state index in [-0.39, 0.29) is 0 Å². The molecular formula is C18H24F2N3O2-. The minimum absolute atomic E-state index is 0.363. The first-order valence-corrected chi connectivity index (χ1v) is 7.85. The summed E-state index contributed by atoms with van der Waals surface area (Å²) in [6.45, 7) is 6.71. The van der Waals surface area contributed by atoms with Crippen molar-refractivity contribution < 1.29 is 18.7 Å². The number of nitrogens with zero attached hydrogens (tertiary/aromatic N) is 2. The molecule has 0 aliphatic carbocycles. The molecule has 25 heavy (non-hydrogen) atoms. The Morgan fingerprint density at radius 1 is 1.32 bits per heavy atom. The van der Waals surface area contributed by atoms with Crippen LogP contribution in [-0.4, -0.2) is 20.9 Å². The van der Waals surface area contributed by atoms with E-state index < -0.39 is 23.7 Å². The van der Waals surface area contributed by atoms with Crippen molar-refractivity contribution in [2.24, 2.45) is 12.5 Å². The zero-order chi connectivity index (χ0) is 19.2. The van der Waals surface area contributed by atoms with Gasteiger partial charge in [0.15, 0.2) is 0 Å². The first kappa shape index (κ1) is 20.6. The molecule has 2 N–H and O–H groups in total. The van der Waals surface area contributed by atoms with Crippen LogP contribution in [0.2, 0.25) is 0 Å². The van der Waals surface area contributed by atoms with Crippen LogP contribution in [0, 0.1) is 5.41 Å². The van der Waals surface area contributed by atoms with Crippen molar-refractivity contribution in [3.8, 4) is 0 Å². The van der Waals surface area contributed by atoms with E-state index in [1.54, 1.807) is 0 Å². The van der Waals surface area contributed by atoms with Crippen LogP contribution >= 0.6 is 0 Å². The third kappa shape index (κ3) is 6.91. The standard InChI is InChI=1S/C12H18N.C6H6F2N2O2/c1-12(2,3)9-8-10-6-4-5-7-11(10)13;1-10-2-3(6(11)12)4(9-10)5(7)8/h4-7,13H,8-9H2,1-3H3;2,5H,1H3,(H,11,12)/q-1;. The molecule has 0 bridgehead atoms. The van der Waals surface area contributed by atoms with Crippen LogP contribution in [0.3, 0.4) is 0 Å². The highest BCUT2D eigenvalue weighted by molar-refractivity contribution is 5.88. The number of nitrogens with one attached hydrogen (secondary N) is 1. The highest BCUT2D eigenvalue weighted by Gasteiger charge is 2.21. The number of alkyl halides is 2. The summed E-state index contributed by atoms with van der Waals surface area (Å²) in [5.74, 6) is -1.39. The molecule has 0 saturated carbocycles. The summed E-state index contributed by atoms with van der Waals surface area (Å²) in [5, 5.41) is 11.8. The number of aromatic nitrogens is 2. The van der Waals surface area contributed by atoms with E-state index in [0.29, 0.717) is 11.1 Å². The summed E-state index contributed by atoms with van der Waals surface area (Å²) in [6, 6.07) is 7.84. The van der Waals surface area contributed by atoms with Crippen molar-refractivity contribution >= 4 is 11.7 Å². The molecule has 0 aliphatic heterocycles. The fourth-order valence-electron chi connectivity index (χ4n) is 2.08. The van der Waals surface area contributed by atoms with Crippen molar-refractivity contribution in [1.82, 2.24) is 9.78 Å². The number of benzene rings is 1. The molecule has 0 spiro atoms. The van der Waals surface area contributed by atoms with Gasteiger partial charge in [0, 0.05) is 13.2 Å². The molecule has 0 atom stereocenters. The SMILES string of the molecule is CC(C)(C)CCc1ccccc1[NH-].Cn1cc(C(=O)O)c(C(F)F)n1. The molecule has 7 heteroatoms. The van der Waals surface area contributed by atoms with Crippen LogP contribution in [0.5, 0.6) is 0 Å². The molecule has 5 nitrogen and oxygen atoms in total. The van der Waals surface area contributed by atoms with Crippen LogP contribution < -0.4 is 0 Å². The second kappa shape index (κ2) is 8.60. The molecule has 0 unspecified atom stereocenters. The number of carboxylic acid groups (broad SMARTS) is 1. The summed E-state index contributed by atoms with van der Waals surface area (Å²) in [4.78, 5) is 10.4. The summed E-state index contributed by atoms with van der Waals surface area (Å²) in [6.07, 6.45) is 0.355. The normalized spacial score (nSPS) is 11.2. The molecule has 1 aromatic carbocycles. The van der Waals surface area contributed by atoms with Gasteiger partial charge in [-0.2, -0.15) is 5.10 Å². The maximum Gasteiger partial charge on any atom is 0.339 e. The lowest BCUT2D eigenvalue weighted by atomic mass is 9.88. The molecule has 0 radical (unpaired) electrons. The maximum atomic E-state index is 12.1. The van der Waals surface area contributed by atoms with E-state index in [1.165, 1.54) is 7.05 Å². The quantitative estimate of drug-likeness (QED) is 0.799. The third-order valence-corrected chi connectivity index (χ3v) is 3.46. The Morgan fingerprint density at radius 3 is 2.36 bits per heavy atom. The van der Waals surface area contributed by atoms with E-state index in [0.717, 1.165) is 29.3 Å². The van der Waals surface area contributed by atoms with E-state index >= 15 is 0 Å². The first-order chi connectivity index (χ1) is 11.5. The summed E-state index contributed by atoms with van der Waals surface area (Å²) in [7, 11) is 1.39. The zero-order valence-electron chi connectivity index (χ0n) is 14.9. The predicted molar refractivity (Wildman–Crippen MR) is 93.3 cm³/mol. The number of carbonyl (C=O) groups is 1. The smallest absolute Gasteiger partial charge is 0.339 e. The fraction of sp³-hybridized carbons (Fsp3) is 0.444. The second-order valence-electron chi connectivity index (χ2n) is 6.93. The van der Waals surface area contributed by atoms with E-state index in [9.17, 15) is 13.6 Å². The van der Waals surface area contributed by atoms with Gasteiger partial charge in [-0.15, -0.1) is 5.69 Å². The molecule has 1 heterocycles. The fourth-order valence-corrected chi connectivity index (χ4v) is 2.08. The van der Waals surface area contributed by atoms with Crippen molar-refractivity contribution in [3.63, 3.8) is 0 Å². The first-order valence-electron chi connectivity index (χ1n) is 7.85. The molecular weight excluding hydrogens is 328 g/mol. The van der Waals surface area contributed by atoms with Crippen molar-refractivity contribution in [2.75, 3.05) is 0 Å². The van der Waals surface area contributed by atoms with Crippen LogP contribution in [0.15, 0.2) is 30.5 Å². The van der Waals surface area contributed by atoms with Gasteiger partial charge in [-0.3, -0.25) is 4.68 Å². The van der Waals surface area contributed by atoms with Crippen molar-refractivity contribution in [1.29, 1.82) is 0 Å². The predicted octanol–water partition coefficient (Wildman–Crippen LogP) is 5.40. The van der Waals surface area contributed by atoms with Crippen LogP contribution in [-0.2, 0) is 13.5 Å². The molecule has 0 fully saturated rings. The van der Waals surface area contributed by atoms with Gasteiger partial charge in [-0.25, -0.2) is 13.6 Å². The lowest BCUT2D eigenvalue weighted by Gasteiger charge is -2.20. The maximum absolute atomic E-state index is 12.1. The number of halogens is 2. The second-order valence-corrected chi connectivity index (χ2v) is 6.93. The van der Waals surface area contributed by atoms with Gasteiger partial charge in [0.1, 0.15) is 11.3 Å². The Balaban J connectivity index is 0.000000251. The van der Waals surface area contributed by atoms with Crippen molar-refractivity contribution in [2.45, 2.75) is 40.0 Å². The Bertz CT molecular complexity index is 707. The zero-order valence-corrected chi connectivity index (χ0v) is 14.9. The van der Waals surface area contributed by atoms with Gasteiger partial charge in [-0.05, 0) is 18.3 Å². The molecule has 2 rings (SSSR count). The molecule has 138 valence electrons. The van der Waals surface area contributed by atoms with Crippen LogP contribution in [0.25, 0.3) is 5.73 Å². The summed E-state index contributed by atoms with van der Waals surface area (Å²) >= 11 is 0. The molecule has 0 aliphatic rings. The van der Waals surface area contributed by atoms with Gasteiger partial charge < -0.3 is 10.8 Å². The van der Waals surface area contributed by atoms with E-state index in [1.807, 2.05) is 24.3 Å². The van der Waals surface area contributed by atoms with Gasteiger partial charge in [-0.1, -0.05) is 50.6 Å². The van der Waals surface area contributed by atoms with Gasteiger partial charge in [0.2, 0.25) is 0 Å². The number of hydrogen-bond acceptors (Lipinski definition) is 2. The Morgan fingerprint density at radius 2 is 1.92 bits per heavy atom. The Kier molecular flexibility index (Phi) is 7.09. The van der Waals surface area contributed by atoms with Crippen LogP contribution in [0.1, 0.15) is 55.2 Å². The molecule has 0 amide bonds. The summed E-state index contributed by atoms with van der Waals surface area (Å²) < 4.78 is 25.2. The summed E-state index contributed by atoms with van der Waals surface area (Å²) in [5.41, 5.74) is 8.74. The highest BCUT2D eigenvalue weighted by Crippen LogP contribution is 2.25. The Hall–Kier alpha value is -2.44. The lowest BCUT2D eigenvalue weighted by molar-refractivity contribution is 0.0684. The van der Waals surface area contributed by atoms with Gasteiger partial charge >= 0.3 is 5.97 Å². The largest absolute Gasteiger partial charge is 0.698 e. The minimum Gasteiger partial charge on any atom is -0.698 e.